The summed E-state index contributed by atoms with van der Waals surface area (Å²) in [5, 5.41) is 16.0. The molecule has 6 N–H and O–H groups in total. The Morgan fingerprint density at radius 2 is 1.93 bits per heavy atom. The molecule has 0 saturated carbocycles. The van der Waals surface area contributed by atoms with Crippen molar-refractivity contribution in [2.45, 2.75) is 59.0 Å². The van der Waals surface area contributed by atoms with Crippen LogP contribution in [0.4, 0.5) is 29.5 Å². The lowest BCUT2D eigenvalue weighted by Gasteiger charge is -2.19. The molecule has 1 atom stereocenters. The van der Waals surface area contributed by atoms with Crippen molar-refractivity contribution in [1.82, 2.24) is 20.2 Å². The standard InChI is InChI=1S/C28H34F3N7O4/c1-15(2)36-25-26(40)38(22(13-35-25)19-9-20(28(29,30)31)11-21(32)10-19)14-23(39)34-12-17-5-7-18(8-6-17)24(33)37-27(41)42-16(3)4/h5-7,9-11,13,15-16,18H,8,12,14,32H2,1-4H3,(H,34,39)(H,35,36)(H2,33,37,41). The van der Waals surface area contributed by atoms with Crippen LogP contribution < -0.4 is 27.2 Å². The summed E-state index contributed by atoms with van der Waals surface area (Å²) < 4.78 is 46.4. The molecule has 2 amide bonds. The van der Waals surface area contributed by atoms with Crippen molar-refractivity contribution in [1.29, 1.82) is 5.41 Å². The van der Waals surface area contributed by atoms with E-state index in [2.05, 4.69) is 20.9 Å². The molecule has 1 aromatic carbocycles. The Morgan fingerprint density at radius 1 is 1.21 bits per heavy atom. The predicted molar refractivity (Wildman–Crippen MR) is 153 cm³/mol. The largest absolute Gasteiger partial charge is 0.447 e. The lowest BCUT2D eigenvalue weighted by molar-refractivity contribution is -0.137. The monoisotopic (exact) mass is 589 g/mol. The number of alkyl carbamates (subject to hydrolysis) is 1. The number of nitrogens with zero attached hydrogens (tertiary/aromatic N) is 2. The molecule has 2 aromatic rings. The number of amides is 2. The molecule has 1 unspecified atom stereocenters. The third-order valence-corrected chi connectivity index (χ3v) is 5.98. The normalized spacial score (nSPS) is 14.9. The van der Waals surface area contributed by atoms with Gasteiger partial charge in [-0.1, -0.05) is 18.2 Å². The second-order valence-electron chi connectivity index (χ2n) is 10.3. The molecule has 1 aliphatic carbocycles. The van der Waals surface area contributed by atoms with Gasteiger partial charge in [-0.3, -0.25) is 24.9 Å². The number of allylic oxidation sites excluding steroid dienone is 1. The van der Waals surface area contributed by atoms with Gasteiger partial charge in [-0.25, -0.2) is 9.78 Å². The molecule has 3 rings (SSSR count). The number of carbonyl (C=O) groups is 2. The minimum Gasteiger partial charge on any atom is -0.447 e. The summed E-state index contributed by atoms with van der Waals surface area (Å²) in [5.41, 5.74) is 4.58. The molecule has 226 valence electrons. The van der Waals surface area contributed by atoms with Gasteiger partial charge < -0.3 is 21.1 Å². The molecule has 0 fully saturated rings. The van der Waals surface area contributed by atoms with Crippen LogP contribution >= 0.6 is 0 Å². The molecule has 1 heterocycles. The van der Waals surface area contributed by atoms with E-state index in [0.29, 0.717) is 6.42 Å². The maximum atomic E-state index is 13.4. The maximum absolute atomic E-state index is 13.4. The van der Waals surface area contributed by atoms with Crippen molar-refractivity contribution in [3.05, 3.63) is 64.1 Å². The van der Waals surface area contributed by atoms with Gasteiger partial charge in [0.25, 0.3) is 5.56 Å². The minimum atomic E-state index is -4.68. The van der Waals surface area contributed by atoms with E-state index in [9.17, 15) is 27.6 Å². The third-order valence-electron chi connectivity index (χ3n) is 5.98. The number of benzene rings is 1. The van der Waals surface area contributed by atoms with Crippen molar-refractivity contribution in [3.63, 3.8) is 0 Å². The topological polar surface area (TPSA) is 164 Å². The zero-order chi connectivity index (χ0) is 31.2. The highest BCUT2D eigenvalue weighted by Crippen LogP contribution is 2.34. The van der Waals surface area contributed by atoms with Gasteiger partial charge in [0.05, 0.1) is 23.6 Å². The number of anilines is 2. The van der Waals surface area contributed by atoms with Gasteiger partial charge in [0.1, 0.15) is 12.4 Å². The van der Waals surface area contributed by atoms with E-state index >= 15 is 0 Å². The Labute approximate surface area is 240 Å². The van der Waals surface area contributed by atoms with Crippen LogP contribution in [-0.4, -0.2) is 46.1 Å². The fourth-order valence-corrected chi connectivity index (χ4v) is 4.07. The first-order valence-electron chi connectivity index (χ1n) is 13.2. The number of nitrogen functional groups attached to an aromatic ring is 1. The predicted octanol–water partition coefficient (Wildman–Crippen LogP) is 4.06. The number of rotatable bonds is 9. The number of halogens is 3. The van der Waals surface area contributed by atoms with E-state index in [0.717, 1.165) is 22.3 Å². The molecule has 14 heteroatoms. The van der Waals surface area contributed by atoms with Crippen molar-refractivity contribution < 1.29 is 27.5 Å². The average molecular weight is 590 g/mol. The SMILES string of the molecule is CC(C)Nc1ncc(-c2cc(N)cc(C(F)(F)F)c2)n(CC(=O)NCC2=CCC(C(=N)NC(=O)OC(C)C)C=C2)c1=O. The summed E-state index contributed by atoms with van der Waals surface area (Å²) in [6.45, 7) is 6.56. The van der Waals surface area contributed by atoms with Gasteiger partial charge in [-0.15, -0.1) is 0 Å². The molecule has 0 radical (unpaired) electrons. The fraction of sp³-hybridized carbons (Fsp3) is 0.393. The molecule has 0 aliphatic heterocycles. The van der Waals surface area contributed by atoms with Crippen LogP contribution in [0.2, 0.25) is 0 Å². The second-order valence-corrected chi connectivity index (χ2v) is 10.3. The molecule has 0 spiro atoms. The van der Waals surface area contributed by atoms with Crippen LogP contribution in [0.1, 0.15) is 39.7 Å². The van der Waals surface area contributed by atoms with Crippen LogP contribution in [0.25, 0.3) is 11.3 Å². The lowest BCUT2D eigenvalue weighted by atomic mass is 9.95. The molecule has 0 saturated heterocycles. The van der Waals surface area contributed by atoms with Gasteiger partial charge in [0.15, 0.2) is 5.82 Å². The van der Waals surface area contributed by atoms with Crippen molar-refractivity contribution >= 4 is 29.3 Å². The van der Waals surface area contributed by atoms with Crippen LogP contribution in [-0.2, 0) is 22.3 Å². The van der Waals surface area contributed by atoms with Gasteiger partial charge in [0, 0.05) is 29.8 Å². The van der Waals surface area contributed by atoms with E-state index < -0.39 is 35.8 Å². The number of hydrogen-bond acceptors (Lipinski definition) is 8. The van der Waals surface area contributed by atoms with Crippen LogP contribution in [0, 0.1) is 11.3 Å². The van der Waals surface area contributed by atoms with Gasteiger partial charge >= 0.3 is 12.3 Å². The maximum Gasteiger partial charge on any atom is 0.416 e. The van der Waals surface area contributed by atoms with Gasteiger partial charge in [0.2, 0.25) is 5.91 Å². The first kappa shape index (κ1) is 31.9. The smallest absolute Gasteiger partial charge is 0.416 e. The Bertz CT molecular complexity index is 1460. The highest BCUT2D eigenvalue weighted by atomic mass is 19.4. The molecule has 1 aromatic heterocycles. The van der Waals surface area contributed by atoms with E-state index in [1.165, 1.54) is 12.3 Å². The highest BCUT2D eigenvalue weighted by Gasteiger charge is 2.31. The van der Waals surface area contributed by atoms with Crippen LogP contribution in [0.3, 0.4) is 0 Å². The second kappa shape index (κ2) is 13.4. The zero-order valence-electron chi connectivity index (χ0n) is 23.6. The third kappa shape index (κ3) is 8.69. The van der Waals surface area contributed by atoms with Crippen molar-refractivity contribution in [2.24, 2.45) is 5.92 Å². The molecular formula is C28H34F3N7O4. The lowest BCUT2D eigenvalue weighted by Crippen LogP contribution is -2.37. The summed E-state index contributed by atoms with van der Waals surface area (Å²) in [7, 11) is 0. The number of aromatic nitrogens is 2. The molecular weight excluding hydrogens is 555 g/mol. The fourth-order valence-electron chi connectivity index (χ4n) is 4.07. The summed E-state index contributed by atoms with van der Waals surface area (Å²) in [6.07, 6.45) is 1.13. The van der Waals surface area contributed by atoms with E-state index in [1.807, 2.05) is 0 Å². The number of nitrogens with two attached hydrogens (primary N) is 1. The number of amidine groups is 1. The van der Waals surface area contributed by atoms with Gasteiger partial charge in [-0.05, 0) is 57.9 Å². The summed E-state index contributed by atoms with van der Waals surface area (Å²) in [4.78, 5) is 42.0. The Kier molecular flexibility index (Phi) is 10.1. The Hall–Kier alpha value is -4.62. The van der Waals surface area contributed by atoms with Crippen molar-refractivity contribution in [2.75, 3.05) is 17.6 Å². The first-order valence-corrected chi connectivity index (χ1v) is 13.2. The summed E-state index contributed by atoms with van der Waals surface area (Å²) in [6, 6.07) is 2.73. The molecule has 42 heavy (non-hydrogen) atoms. The minimum absolute atomic E-state index is 0.0103. The average Bonchev–Trinajstić information content (AvgIpc) is 2.88. The Morgan fingerprint density at radius 3 is 2.52 bits per heavy atom. The molecule has 0 bridgehead atoms. The van der Waals surface area contributed by atoms with Gasteiger partial charge in [-0.2, -0.15) is 13.2 Å². The van der Waals surface area contributed by atoms with Crippen molar-refractivity contribution in [3.8, 4) is 11.3 Å². The number of nitrogens with one attached hydrogen (secondary N) is 4. The molecule has 11 nitrogen and oxygen atoms in total. The number of alkyl halides is 3. The highest BCUT2D eigenvalue weighted by molar-refractivity contribution is 5.96. The van der Waals surface area contributed by atoms with E-state index in [-0.39, 0.29) is 53.2 Å². The molecule has 1 aliphatic rings. The summed E-state index contributed by atoms with van der Waals surface area (Å²) >= 11 is 0. The quantitative estimate of drug-likeness (QED) is 0.167. The number of carbonyl (C=O) groups excluding carboxylic acids is 2. The Balaban J connectivity index is 1.76. The number of hydrogen-bond donors (Lipinski definition) is 5. The zero-order valence-corrected chi connectivity index (χ0v) is 23.6. The van der Waals surface area contributed by atoms with E-state index in [4.69, 9.17) is 15.9 Å². The summed E-state index contributed by atoms with van der Waals surface area (Å²) in [5.74, 6) is -1.03. The first-order chi connectivity index (χ1) is 19.6. The van der Waals surface area contributed by atoms with Crippen LogP contribution in [0.15, 0.2) is 53.0 Å². The number of ether oxygens (including phenoxy) is 1. The van der Waals surface area contributed by atoms with E-state index in [1.54, 1.807) is 45.9 Å². The van der Waals surface area contributed by atoms with Crippen LogP contribution in [0.5, 0.6) is 0 Å².